The number of phenolic OH excluding ortho intramolecular Hbond substituents is 1. The van der Waals surface area contributed by atoms with Crippen LogP contribution < -0.4 is 5.43 Å². The molecule has 0 bridgehead atoms. The Bertz CT molecular complexity index is 1280. The van der Waals surface area contributed by atoms with E-state index in [4.69, 9.17) is 4.42 Å². The highest BCUT2D eigenvalue weighted by Crippen LogP contribution is 2.39. The molecule has 0 unspecified atom stereocenters. The number of carbonyl (C=O) groups excluding carboxylic acids is 1. The minimum atomic E-state index is -0.612. The molecule has 4 aromatic rings. The Morgan fingerprint density at radius 3 is 2.55 bits per heavy atom. The van der Waals surface area contributed by atoms with Crippen molar-refractivity contribution in [3.63, 3.8) is 0 Å². The van der Waals surface area contributed by atoms with E-state index >= 15 is 0 Å². The Labute approximate surface area is 165 Å². The summed E-state index contributed by atoms with van der Waals surface area (Å²) in [7, 11) is 0. The SMILES string of the molecule is O=C1c2oc3ccccc3c(=O)c2[C@H](c2ccc(O)cc2)N1Cc1cccnc1. The number of amides is 1. The van der Waals surface area contributed by atoms with Crippen LogP contribution in [-0.2, 0) is 6.54 Å². The maximum atomic E-state index is 13.3. The summed E-state index contributed by atoms with van der Waals surface area (Å²) in [5.74, 6) is -0.164. The second-order valence-corrected chi connectivity index (χ2v) is 6.96. The Kier molecular flexibility index (Phi) is 3.91. The quantitative estimate of drug-likeness (QED) is 0.583. The average molecular weight is 384 g/mol. The van der Waals surface area contributed by atoms with Crippen LogP contribution in [-0.4, -0.2) is 20.9 Å². The van der Waals surface area contributed by atoms with Gasteiger partial charge in [-0.15, -0.1) is 0 Å². The van der Waals surface area contributed by atoms with Gasteiger partial charge in [-0.25, -0.2) is 0 Å². The number of aromatic hydroxyl groups is 1. The molecule has 142 valence electrons. The number of rotatable bonds is 3. The minimum Gasteiger partial charge on any atom is -0.508 e. The molecule has 0 saturated heterocycles. The standard InChI is InChI=1S/C23H16N2O4/c26-16-9-7-15(8-10-16)20-19-21(27)17-5-1-2-6-18(17)29-22(19)23(28)25(20)13-14-4-3-11-24-12-14/h1-12,20,26H,13H2/t20-/m0/s1. The summed E-state index contributed by atoms with van der Waals surface area (Å²) >= 11 is 0. The molecule has 6 nitrogen and oxygen atoms in total. The van der Waals surface area contributed by atoms with Crippen LogP contribution >= 0.6 is 0 Å². The number of hydrogen-bond donors (Lipinski definition) is 1. The van der Waals surface area contributed by atoms with Crippen molar-refractivity contribution in [1.29, 1.82) is 0 Å². The van der Waals surface area contributed by atoms with E-state index in [0.29, 0.717) is 16.5 Å². The first-order valence-electron chi connectivity index (χ1n) is 9.18. The average Bonchev–Trinajstić information content (AvgIpc) is 3.02. The minimum absolute atomic E-state index is 0.0654. The fourth-order valence-electron chi connectivity index (χ4n) is 3.82. The number of carbonyl (C=O) groups is 1. The fourth-order valence-corrected chi connectivity index (χ4v) is 3.82. The molecule has 2 aromatic carbocycles. The van der Waals surface area contributed by atoms with Crippen molar-refractivity contribution < 1.29 is 14.3 Å². The van der Waals surface area contributed by atoms with Gasteiger partial charge in [0.15, 0.2) is 5.43 Å². The molecule has 0 spiro atoms. The molecule has 0 aliphatic carbocycles. The van der Waals surface area contributed by atoms with E-state index in [9.17, 15) is 14.7 Å². The molecule has 1 aliphatic rings. The molecule has 2 aromatic heterocycles. The lowest BCUT2D eigenvalue weighted by Crippen LogP contribution is -2.29. The van der Waals surface area contributed by atoms with Crippen LogP contribution in [0.15, 0.2) is 82.3 Å². The lowest BCUT2D eigenvalue weighted by atomic mass is 9.98. The first kappa shape index (κ1) is 17.2. The number of fused-ring (bicyclic) bond motifs is 2. The number of para-hydroxylation sites is 1. The van der Waals surface area contributed by atoms with Gasteiger partial charge in [0.1, 0.15) is 11.3 Å². The highest BCUT2D eigenvalue weighted by Gasteiger charge is 2.42. The zero-order chi connectivity index (χ0) is 20.0. The molecule has 1 aliphatic heterocycles. The van der Waals surface area contributed by atoms with Crippen LogP contribution in [0.2, 0.25) is 0 Å². The maximum absolute atomic E-state index is 13.3. The molecule has 0 radical (unpaired) electrons. The lowest BCUT2D eigenvalue weighted by Gasteiger charge is -2.25. The van der Waals surface area contributed by atoms with E-state index in [0.717, 1.165) is 11.1 Å². The van der Waals surface area contributed by atoms with Gasteiger partial charge in [-0.1, -0.05) is 30.3 Å². The molecule has 1 N–H and O–H groups in total. The summed E-state index contributed by atoms with van der Waals surface area (Å²) < 4.78 is 5.88. The van der Waals surface area contributed by atoms with Crippen molar-refractivity contribution in [2.45, 2.75) is 12.6 Å². The van der Waals surface area contributed by atoms with Crippen molar-refractivity contribution in [3.8, 4) is 5.75 Å². The van der Waals surface area contributed by atoms with E-state index in [1.165, 1.54) is 0 Å². The second kappa shape index (κ2) is 6.60. The van der Waals surface area contributed by atoms with Crippen molar-refractivity contribution in [3.05, 3.63) is 106 Å². The summed E-state index contributed by atoms with van der Waals surface area (Å²) in [5, 5.41) is 10.1. The molecule has 3 heterocycles. The number of benzene rings is 2. The predicted octanol–water partition coefficient (Wildman–Crippen LogP) is 3.64. The molecule has 1 amide bonds. The molecule has 0 saturated carbocycles. The van der Waals surface area contributed by atoms with E-state index in [1.54, 1.807) is 71.9 Å². The van der Waals surface area contributed by atoms with E-state index in [-0.39, 0.29) is 29.4 Å². The molecular formula is C23H16N2O4. The Morgan fingerprint density at radius 1 is 1.00 bits per heavy atom. The van der Waals surface area contributed by atoms with Gasteiger partial charge in [-0.2, -0.15) is 0 Å². The molecule has 1 atom stereocenters. The van der Waals surface area contributed by atoms with E-state index in [2.05, 4.69) is 4.98 Å². The third-order valence-corrected chi connectivity index (χ3v) is 5.16. The Balaban J connectivity index is 1.73. The first-order chi connectivity index (χ1) is 14.1. The third kappa shape index (κ3) is 2.77. The normalized spacial score (nSPS) is 15.7. The zero-order valence-corrected chi connectivity index (χ0v) is 15.3. The summed E-state index contributed by atoms with van der Waals surface area (Å²) in [5.41, 5.74) is 2.05. The predicted molar refractivity (Wildman–Crippen MR) is 107 cm³/mol. The van der Waals surface area contributed by atoms with Crippen LogP contribution in [0.1, 0.15) is 33.3 Å². The number of pyridine rings is 1. The lowest BCUT2D eigenvalue weighted by molar-refractivity contribution is 0.0714. The smallest absolute Gasteiger partial charge is 0.291 e. The summed E-state index contributed by atoms with van der Waals surface area (Å²) in [6.45, 7) is 0.276. The highest BCUT2D eigenvalue weighted by molar-refractivity contribution is 5.99. The zero-order valence-electron chi connectivity index (χ0n) is 15.3. The van der Waals surface area contributed by atoms with Gasteiger partial charge in [-0.05, 0) is 41.5 Å². The van der Waals surface area contributed by atoms with Crippen molar-refractivity contribution in [1.82, 2.24) is 9.88 Å². The second-order valence-electron chi connectivity index (χ2n) is 6.96. The maximum Gasteiger partial charge on any atom is 0.291 e. The fraction of sp³-hybridized carbons (Fsp3) is 0.0870. The summed E-state index contributed by atoms with van der Waals surface area (Å²) in [6, 6.07) is 16.5. The largest absolute Gasteiger partial charge is 0.508 e. The Hall–Kier alpha value is -3.93. The van der Waals surface area contributed by atoms with Crippen LogP contribution in [0.25, 0.3) is 11.0 Å². The monoisotopic (exact) mass is 384 g/mol. The van der Waals surface area contributed by atoms with E-state index in [1.807, 2.05) is 6.07 Å². The van der Waals surface area contributed by atoms with Crippen LogP contribution in [0.4, 0.5) is 0 Å². The van der Waals surface area contributed by atoms with Crippen molar-refractivity contribution >= 4 is 16.9 Å². The van der Waals surface area contributed by atoms with E-state index < -0.39 is 6.04 Å². The number of aromatic nitrogens is 1. The number of hydrogen-bond acceptors (Lipinski definition) is 5. The number of nitrogens with zero attached hydrogens (tertiary/aromatic N) is 2. The Morgan fingerprint density at radius 2 is 1.79 bits per heavy atom. The van der Waals surface area contributed by atoms with Crippen LogP contribution in [0, 0.1) is 0 Å². The molecule has 29 heavy (non-hydrogen) atoms. The van der Waals surface area contributed by atoms with Gasteiger partial charge in [0, 0.05) is 18.9 Å². The van der Waals surface area contributed by atoms with Crippen LogP contribution in [0.3, 0.4) is 0 Å². The van der Waals surface area contributed by atoms with Gasteiger partial charge in [0.05, 0.1) is 17.0 Å². The topological polar surface area (TPSA) is 83.6 Å². The summed E-state index contributed by atoms with van der Waals surface area (Å²) in [6.07, 6.45) is 3.36. The third-order valence-electron chi connectivity index (χ3n) is 5.16. The first-order valence-corrected chi connectivity index (χ1v) is 9.18. The molecular weight excluding hydrogens is 368 g/mol. The summed E-state index contributed by atoms with van der Waals surface area (Å²) in [4.78, 5) is 32.3. The van der Waals surface area contributed by atoms with Crippen LogP contribution in [0.5, 0.6) is 5.75 Å². The molecule has 6 heteroatoms. The molecule has 0 fully saturated rings. The van der Waals surface area contributed by atoms with Gasteiger partial charge in [-0.3, -0.25) is 14.6 Å². The highest BCUT2D eigenvalue weighted by atomic mass is 16.3. The molecule has 5 rings (SSSR count). The van der Waals surface area contributed by atoms with Crippen molar-refractivity contribution in [2.24, 2.45) is 0 Å². The van der Waals surface area contributed by atoms with Gasteiger partial charge in [0.2, 0.25) is 5.76 Å². The number of phenols is 1. The van der Waals surface area contributed by atoms with Gasteiger partial charge >= 0.3 is 0 Å². The van der Waals surface area contributed by atoms with Crippen molar-refractivity contribution in [2.75, 3.05) is 0 Å². The van der Waals surface area contributed by atoms with Gasteiger partial charge in [0.25, 0.3) is 5.91 Å². The van der Waals surface area contributed by atoms with Gasteiger partial charge < -0.3 is 14.4 Å².